The number of hydrogen-bond donors (Lipinski definition) is 1. The van der Waals surface area contributed by atoms with Gasteiger partial charge in [0.15, 0.2) is 0 Å². The summed E-state index contributed by atoms with van der Waals surface area (Å²) in [4.78, 5) is 8.21. The lowest BCUT2D eigenvalue weighted by Crippen LogP contribution is -2.36. The van der Waals surface area contributed by atoms with Crippen molar-refractivity contribution < 1.29 is 9.47 Å². The quantitative estimate of drug-likeness (QED) is 0.526. The predicted octanol–water partition coefficient (Wildman–Crippen LogP) is 3.42. The van der Waals surface area contributed by atoms with Crippen LogP contribution in [0.1, 0.15) is 17.5 Å². The number of likely N-dealkylation sites (N-methyl/N-ethyl adjacent to an activating group) is 1. The average molecular weight is 390 g/mol. The smallest absolute Gasteiger partial charge is 0.215 e. The second-order valence-electron chi connectivity index (χ2n) is 6.20. The van der Waals surface area contributed by atoms with Gasteiger partial charge in [0, 0.05) is 36.3 Å². The molecule has 3 rings (SSSR count). The molecule has 146 valence electrons. The number of morpholine rings is 1. The van der Waals surface area contributed by atoms with Gasteiger partial charge in [0.2, 0.25) is 5.88 Å². The second kappa shape index (κ2) is 10.3. The molecular weight excluding hydrogens is 362 g/mol. The first kappa shape index (κ1) is 19.7. The van der Waals surface area contributed by atoms with E-state index < -0.39 is 0 Å². The van der Waals surface area contributed by atoms with Crippen molar-refractivity contribution in [3.05, 3.63) is 34.8 Å². The van der Waals surface area contributed by atoms with E-state index in [4.69, 9.17) is 9.47 Å². The number of rotatable bonds is 9. The predicted molar refractivity (Wildman–Crippen MR) is 109 cm³/mol. The summed E-state index contributed by atoms with van der Waals surface area (Å²) in [7, 11) is 1.90. The Hall–Kier alpha value is -2.03. The zero-order valence-corrected chi connectivity index (χ0v) is 16.8. The first-order chi connectivity index (χ1) is 13.3. The van der Waals surface area contributed by atoms with Crippen LogP contribution in [0.3, 0.4) is 0 Å². The van der Waals surface area contributed by atoms with Crippen LogP contribution in [-0.4, -0.2) is 51.5 Å². The Labute approximate surface area is 164 Å². The number of anilines is 1. The summed E-state index contributed by atoms with van der Waals surface area (Å²) in [6.45, 7) is 7.15. The Kier molecular flexibility index (Phi) is 7.55. The molecule has 0 aromatic carbocycles. The number of hydrogen-bond acceptors (Lipinski definition) is 8. The molecule has 2 aromatic heterocycles. The number of azo groups is 1. The summed E-state index contributed by atoms with van der Waals surface area (Å²) >= 11 is 1.68. The van der Waals surface area contributed by atoms with Gasteiger partial charge in [-0.2, -0.15) is 5.11 Å². The van der Waals surface area contributed by atoms with Crippen molar-refractivity contribution in [1.29, 1.82) is 0 Å². The Morgan fingerprint density at radius 2 is 2.15 bits per heavy atom. The molecular formula is C19H27N5O2S. The number of aryl methyl sites for hydroxylation is 1. The standard InChI is InChI=1S/C19H27N5O2S/c1-3-17-4-5-19(27-17)23-21-14-15-12-16(24-7-10-25-11-8-24)13-18(22-15)26-9-6-20-2/h4-5,12-13,20H,3,6-11,14H2,1-2H3. The Balaban J connectivity index is 1.71. The fourth-order valence-corrected chi connectivity index (χ4v) is 3.53. The summed E-state index contributed by atoms with van der Waals surface area (Å²) < 4.78 is 11.3. The molecule has 0 atom stereocenters. The van der Waals surface area contributed by atoms with Crippen molar-refractivity contribution >= 4 is 22.0 Å². The highest BCUT2D eigenvalue weighted by Crippen LogP contribution is 2.26. The molecule has 1 saturated heterocycles. The lowest BCUT2D eigenvalue weighted by Gasteiger charge is -2.29. The van der Waals surface area contributed by atoms with E-state index in [9.17, 15) is 0 Å². The van der Waals surface area contributed by atoms with E-state index in [1.54, 1.807) is 11.3 Å². The second-order valence-corrected chi connectivity index (χ2v) is 7.35. The first-order valence-corrected chi connectivity index (χ1v) is 10.2. The Morgan fingerprint density at radius 3 is 2.89 bits per heavy atom. The lowest BCUT2D eigenvalue weighted by molar-refractivity contribution is 0.122. The van der Waals surface area contributed by atoms with Crippen molar-refractivity contribution in [2.45, 2.75) is 19.9 Å². The maximum atomic E-state index is 5.80. The van der Waals surface area contributed by atoms with Gasteiger partial charge in [0.1, 0.15) is 18.2 Å². The van der Waals surface area contributed by atoms with Gasteiger partial charge in [-0.15, -0.1) is 16.5 Å². The van der Waals surface area contributed by atoms with Gasteiger partial charge in [-0.25, -0.2) is 4.98 Å². The molecule has 8 heteroatoms. The number of ether oxygens (including phenoxy) is 2. The monoisotopic (exact) mass is 389 g/mol. The molecule has 1 aliphatic rings. The Bertz CT molecular complexity index is 743. The van der Waals surface area contributed by atoms with Crippen molar-refractivity contribution in [2.24, 2.45) is 10.2 Å². The molecule has 2 aromatic rings. The minimum Gasteiger partial charge on any atom is -0.476 e. The van der Waals surface area contributed by atoms with Crippen molar-refractivity contribution in [3.8, 4) is 5.88 Å². The maximum absolute atomic E-state index is 5.80. The largest absolute Gasteiger partial charge is 0.476 e. The van der Waals surface area contributed by atoms with Crippen LogP contribution >= 0.6 is 11.3 Å². The van der Waals surface area contributed by atoms with E-state index in [-0.39, 0.29) is 0 Å². The van der Waals surface area contributed by atoms with E-state index in [0.29, 0.717) is 19.0 Å². The normalized spacial score (nSPS) is 14.8. The number of aromatic nitrogens is 1. The molecule has 0 amide bonds. The summed E-state index contributed by atoms with van der Waals surface area (Å²) in [6.07, 6.45) is 1.02. The summed E-state index contributed by atoms with van der Waals surface area (Å²) in [5, 5.41) is 12.7. The molecule has 7 nitrogen and oxygen atoms in total. The summed E-state index contributed by atoms with van der Waals surface area (Å²) in [6, 6.07) is 8.18. The lowest BCUT2D eigenvalue weighted by atomic mass is 10.2. The van der Waals surface area contributed by atoms with Crippen LogP contribution in [0.2, 0.25) is 0 Å². The van der Waals surface area contributed by atoms with Crippen LogP contribution in [-0.2, 0) is 17.7 Å². The molecule has 1 aliphatic heterocycles. The van der Waals surface area contributed by atoms with Crippen LogP contribution in [0.4, 0.5) is 10.7 Å². The number of nitrogens with zero attached hydrogens (tertiary/aromatic N) is 4. The van der Waals surface area contributed by atoms with Crippen LogP contribution in [0, 0.1) is 0 Å². The minimum absolute atomic E-state index is 0.430. The van der Waals surface area contributed by atoms with Crippen molar-refractivity contribution in [3.63, 3.8) is 0 Å². The van der Waals surface area contributed by atoms with Gasteiger partial charge >= 0.3 is 0 Å². The molecule has 3 heterocycles. The van der Waals surface area contributed by atoms with Gasteiger partial charge in [-0.05, 0) is 31.7 Å². The van der Waals surface area contributed by atoms with E-state index in [0.717, 1.165) is 55.7 Å². The molecule has 0 aliphatic carbocycles. The number of nitrogens with one attached hydrogen (secondary N) is 1. The fourth-order valence-electron chi connectivity index (χ4n) is 2.75. The van der Waals surface area contributed by atoms with E-state index >= 15 is 0 Å². The number of pyridine rings is 1. The molecule has 27 heavy (non-hydrogen) atoms. The van der Waals surface area contributed by atoms with Gasteiger partial charge < -0.3 is 19.7 Å². The highest BCUT2D eigenvalue weighted by molar-refractivity contribution is 7.15. The van der Waals surface area contributed by atoms with Gasteiger partial charge in [0.25, 0.3) is 0 Å². The maximum Gasteiger partial charge on any atom is 0.215 e. The summed E-state index contributed by atoms with van der Waals surface area (Å²) in [5.74, 6) is 0.629. The van der Waals surface area contributed by atoms with Crippen LogP contribution in [0.25, 0.3) is 0 Å². The third kappa shape index (κ3) is 5.98. The SMILES string of the molecule is CCc1ccc(N=NCc2cc(N3CCOCC3)cc(OCCNC)n2)s1. The van der Waals surface area contributed by atoms with E-state index in [2.05, 4.69) is 44.5 Å². The molecule has 1 N–H and O–H groups in total. The zero-order valence-electron chi connectivity index (χ0n) is 16.0. The fraction of sp³-hybridized carbons (Fsp3) is 0.526. The molecule has 0 spiro atoms. The van der Waals surface area contributed by atoms with Crippen LogP contribution in [0.15, 0.2) is 34.5 Å². The van der Waals surface area contributed by atoms with Crippen molar-refractivity contribution in [1.82, 2.24) is 10.3 Å². The van der Waals surface area contributed by atoms with E-state index in [1.165, 1.54) is 4.88 Å². The third-order valence-electron chi connectivity index (χ3n) is 4.22. The van der Waals surface area contributed by atoms with E-state index in [1.807, 2.05) is 19.2 Å². The van der Waals surface area contributed by atoms with Gasteiger partial charge in [-0.3, -0.25) is 0 Å². The number of thiophene rings is 1. The summed E-state index contributed by atoms with van der Waals surface area (Å²) in [5.41, 5.74) is 1.96. The van der Waals surface area contributed by atoms with Gasteiger partial charge in [-0.1, -0.05) is 6.92 Å². The third-order valence-corrected chi connectivity index (χ3v) is 5.33. The molecule has 0 unspecified atom stereocenters. The Morgan fingerprint density at radius 1 is 1.30 bits per heavy atom. The first-order valence-electron chi connectivity index (χ1n) is 9.35. The highest BCUT2D eigenvalue weighted by Gasteiger charge is 2.14. The average Bonchev–Trinajstić information content (AvgIpc) is 3.17. The van der Waals surface area contributed by atoms with Crippen molar-refractivity contribution in [2.75, 3.05) is 51.4 Å². The topological polar surface area (TPSA) is 71.3 Å². The zero-order chi connectivity index (χ0) is 18.9. The molecule has 0 saturated carbocycles. The minimum atomic E-state index is 0.430. The van der Waals surface area contributed by atoms with Crippen LogP contribution in [0.5, 0.6) is 5.88 Å². The van der Waals surface area contributed by atoms with Gasteiger partial charge in [0.05, 0.1) is 18.9 Å². The highest BCUT2D eigenvalue weighted by atomic mass is 32.1. The molecule has 0 radical (unpaired) electrons. The molecule has 1 fully saturated rings. The van der Waals surface area contributed by atoms with Crippen LogP contribution < -0.4 is 15.0 Å². The molecule has 0 bridgehead atoms.